The molecule has 0 spiro atoms. The predicted molar refractivity (Wildman–Crippen MR) is 84.0 cm³/mol. The van der Waals surface area contributed by atoms with Gasteiger partial charge in [0.15, 0.2) is 0 Å². The minimum Gasteiger partial charge on any atom is -0.497 e. The van der Waals surface area contributed by atoms with Crippen molar-refractivity contribution in [3.8, 4) is 5.75 Å². The molecule has 0 aromatic heterocycles. The maximum absolute atomic E-state index is 12.3. The molecule has 1 amide bonds. The van der Waals surface area contributed by atoms with Gasteiger partial charge in [-0.05, 0) is 25.0 Å². The molecule has 0 saturated heterocycles. The van der Waals surface area contributed by atoms with Crippen molar-refractivity contribution in [3.05, 3.63) is 29.8 Å². The number of carbonyl (C=O) groups is 1. The minimum absolute atomic E-state index is 0.0476. The van der Waals surface area contributed by atoms with Gasteiger partial charge in [0.1, 0.15) is 5.75 Å². The average Bonchev–Trinajstić information content (AvgIpc) is 3.06. The van der Waals surface area contributed by atoms with Crippen LogP contribution >= 0.6 is 0 Å². The zero-order valence-electron chi connectivity index (χ0n) is 12.9. The second kappa shape index (κ2) is 6.81. The average molecular weight is 302 g/mol. The Morgan fingerprint density at radius 3 is 2.91 bits per heavy atom. The van der Waals surface area contributed by atoms with E-state index in [1.54, 1.807) is 7.11 Å². The first-order valence-corrected chi connectivity index (χ1v) is 7.94. The zero-order chi connectivity index (χ0) is 15.4. The number of carbonyl (C=O) groups excluding carboxylic acids is 1. The molecule has 0 unspecified atom stereocenters. The summed E-state index contributed by atoms with van der Waals surface area (Å²) >= 11 is 0. The Hall–Kier alpha value is -2.04. The van der Waals surface area contributed by atoms with Crippen molar-refractivity contribution in [1.82, 2.24) is 5.32 Å². The minimum atomic E-state index is -0.511. The molecule has 1 aromatic rings. The maximum Gasteiger partial charge on any atom is 0.264 e. The molecule has 1 N–H and O–H groups in total. The quantitative estimate of drug-likeness (QED) is 0.930. The fraction of sp³-hybridized carbons (Fsp3) is 0.529. The lowest BCUT2D eigenvalue weighted by Crippen LogP contribution is -2.42. The molecule has 1 aliphatic carbocycles. The van der Waals surface area contributed by atoms with Gasteiger partial charge in [-0.1, -0.05) is 36.6 Å². The summed E-state index contributed by atoms with van der Waals surface area (Å²) in [6.07, 6.45) is 5.80. The summed E-state index contributed by atoms with van der Waals surface area (Å²) in [5.41, 5.74) is 1.73. The van der Waals surface area contributed by atoms with E-state index in [1.165, 1.54) is 19.3 Å². The molecule has 1 saturated carbocycles. The second-order valence-electron chi connectivity index (χ2n) is 5.91. The fourth-order valence-electron chi connectivity index (χ4n) is 3.03. The molecule has 5 nitrogen and oxygen atoms in total. The topological polar surface area (TPSA) is 59.9 Å². The number of hydrogen-bond acceptors (Lipinski definition) is 4. The van der Waals surface area contributed by atoms with Gasteiger partial charge in [-0.3, -0.25) is 4.79 Å². The number of oxime groups is 1. The number of nitrogens with one attached hydrogen (secondary N) is 1. The van der Waals surface area contributed by atoms with Crippen LogP contribution in [-0.2, 0) is 9.63 Å². The van der Waals surface area contributed by atoms with E-state index >= 15 is 0 Å². The summed E-state index contributed by atoms with van der Waals surface area (Å²) in [6.45, 7) is 0. The summed E-state index contributed by atoms with van der Waals surface area (Å²) in [7, 11) is 1.63. The van der Waals surface area contributed by atoms with Gasteiger partial charge < -0.3 is 14.9 Å². The van der Waals surface area contributed by atoms with Gasteiger partial charge in [-0.15, -0.1) is 0 Å². The van der Waals surface area contributed by atoms with Crippen LogP contribution in [0.3, 0.4) is 0 Å². The van der Waals surface area contributed by atoms with E-state index in [0.717, 1.165) is 29.9 Å². The van der Waals surface area contributed by atoms with Gasteiger partial charge in [0.2, 0.25) is 6.10 Å². The van der Waals surface area contributed by atoms with E-state index < -0.39 is 6.10 Å². The maximum atomic E-state index is 12.3. The SMILES string of the molecule is COc1cccc(C2=NO[C@H](C(=O)NC3CCCCC3)C2)c1. The van der Waals surface area contributed by atoms with E-state index in [4.69, 9.17) is 9.57 Å². The number of amides is 1. The van der Waals surface area contributed by atoms with E-state index in [2.05, 4.69) is 10.5 Å². The lowest BCUT2D eigenvalue weighted by molar-refractivity contribution is -0.132. The molecular formula is C17H22N2O3. The lowest BCUT2D eigenvalue weighted by atomic mass is 9.95. The van der Waals surface area contributed by atoms with Gasteiger partial charge in [-0.25, -0.2) is 0 Å². The molecule has 0 radical (unpaired) electrons. The van der Waals surface area contributed by atoms with Crippen molar-refractivity contribution in [2.75, 3.05) is 7.11 Å². The molecule has 1 aliphatic heterocycles. The van der Waals surface area contributed by atoms with Gasteiger partial charge in [0, 0.05) is 18.0 Å². The normalized spacial score (nSPS) is 21.9. The first-order chi connectivity index (χ1) is 10.8. The summed E-state index contributed by atoms with van der Waals surface area (Å²) < 4.78 is 5.21. The standard InChI is InChI=1S/C17H22N2O3/c1-21-14-9-5-6-12(10-14)15-11-16(22-19-15)17(20)18-13-7-3-2-4-8-13/h5-6,9-10,13,16H,2-4,7-8,11H2,1H3,(H,18,20)/t16-/m0/s1. The van der Waals surface area contributed by atoms with Gasteiger partial charge in [-0.2, -0.15) is 0 Å². The first kappa shape index (κ1) is 14.9. The van der Waals surface area contributed by atoms with Gasteiger partial charge >= 0.3 is 0 Å². The highest BCUT2D eigenvalue weighted by molar-refractivity contribution is 6.04. The van der Waals surface area contributed by atoms with E-state index in [9.17, 15) is 4.79 Å². The van der Waals surface area contributed by atoms with E-state index in [-0.39, 0.29) is 5.91 Å². The van der Waals surface area contributed by atoms with Crippen molar-refractivity contribution in [2.24, 2.45) is 5.16 Å². The largest absolute Gasteiger partial charge is 0.497 e. The number of hydrogen-bond donors (Lipinski definition) is 1. The highest BCUT2D eigenvalue weighted by Crippen LogP contribution is 2.22. The Kier molecular flexibility index (Phi) is 4.61. The molecule has 5 heteroatoms. The molecule has 118 valence electrons. The van der Waals surface area contributed by atoms with E-state index in [0.29, 0.717) is 12.5 Å². The highest BCUT2D eigenvalue weighted by atomic mass is 16.6. The third-order valence-electron chi connectivity index (χ3n) is 4.32. The molecule has 3 rings (SSSR count). The number of nitrogens with zero attached hydrogens (tertiary/aromatic N) is 1. The Bertz CT molecular complexity index is 565. The molecule has 1 heterocycles. The van der Waals surface area contributed by atoms with Crippen LogP contribution in [0.25, 0.3) is 0 Å². The Morgan fingerprint density at radius 1 is 1.32 bits per heavy atom. The summed E-state index contributed by atoms with van der Waals surface area (Å²) in [6, 6.07) is 7.94. The van der Waals surface area contributed by atoms with Crippen molar-refractivity contribution in [1.29, 1.82) is 0 Å². The van der Waals surface area contributed by atoms with Crippen molar-refractivity contribution < 1.29 is 14.4 Å². The number of ether oxygens (including phenoxy) is 1. The smallest absolute Gasteiger partial charge is 0.264 e. The van der Waals surface area contributed by atoms with Crippen LogP contribution in [0.5, 0.6) is 5.75 Å². The molecule has 1 aromatic carbocycles. The van der Waals surface area contributed by atoms with Crippen molar-refractivity contribution in [2.45, 2.75) is 50.7 Å². The third-order valence-corrected chi connectivity index (χ3v) is 4.32. The van der Waals surface area contributed by atoms with Crippen molar-refractivity contribution >= 4 is 11.6 Å². The van der Waals surface area contributed by atoms with Crippen LogP contribution in [0, 0.1) is 0 Å². The summed E-state index contributed by atoms with van der Waals surface area (Å²) in [4.78, 5) is 17.6. The lowest BCUT2D eigenvalue weighted by Gasteiger charge is -2.23. The second-order valence-corrected chi connectivity index (χ2v) is 5.91. The number of methoxy groups -OCH3 is 1. The monoisotopic (exact) mass is 302 g/mol. The number of rotatable bonds is 4. The van der Waals surface area contributed by atoms with Crippen molar-refractivity contribution in [3.63, 3.8) is 0 Å². The van der Waals surface area contributed by atoms with Crippen LogP contribution in [0.4, 0.5) is 0 Å². The number of benzene rings is 1. The van der Waals surface area contributed by atoms with Gasteiger partial charge in [0.25, 0.3) is 5.91 Å². The van der Waals surface area contributed by atoms with Crippen LogP contribution < -0.4 is 10.1 Å². The van der Waals surface area contributed by atoms with Crippen LogP contribution in [0.15, 0.2) is 29.4 Å². The molecule has 1 atom stereocenters. The Morgan fingerprint density at radius 2 is 2.14 bits per heavy atom. The predicted octanol–water partition coefficient (Wildman–Crippen LogP) is 2.64. The molecular weight excluding hydrogens is 280 g/mol. The third kappa shape index (κ3) is 3.40. The van der Waals surface area contributed by atoms with Gasteiger partial charge in [0.05, 0.1) is 12.8 Å². The van der Waals surface area contributed by atoms with Crippen LogP contribution in [0.2, 0.25) is 0 Å². The van der Waals surface area contributed by atoms with Crippen LogP contribution in [0.1, 0.15) is 44.1 Å². The fourth-order valence-corrected chi connectivity index (χ4v) is 3.03. The Balaban J connectivity index is 1.57. The summed E-state index contributed by atoms with van der Waals surface area (Å²) in [5, 5.41) is 7.17. The summed E-state index contributed by atoms with van der Waals surface area (Å²) in [5.74, 6) is 0.726. The zero-order valence-corrected chi connectivity index (χ0v) is 12.9. The molecule has 22 heavy (non-hydrogen) atoms. The molecule has 2 aliphatic rings. The van der Waals surface area contributed by atoms with E-state index in [1.807, 2.05) is 24.3 Å². The molecule has 0 bridgehead atoms. The Labute approximate surface area is 130 Å². The highest BCUT2D eigenvalue weighted by Gasteiger charge is 2.30. The first-order valence-electron chi connectivity index (χ1n) is 7.94. The molecule has 1 fully saturated rings. The van der Waals surface area contributed by atoms with Crippen LogP contribution in [-0.4, -0.2) is 30.9 Å².